The Morgan fingerprint density at radius 3 is 2.59 bits per heavy atom. The zero-order chi connectivity index (χ0) is 19.6. The Morgan fingerprint density at radius 2 is 1.89 bits per heavy atom. The van der Waals surface area contributed by atoms with Gasteiger partial charge in [0.15, 0.2) is 11.7 Å². The van der Waals surface area contributed by atoms with Gasteiger partial charge in [0.25, 0.3) is 5.91 Å². The fraction of sp³-hybridized carbons (Fsp3) is 0.368. The highest BCUT2D eigenvalue weighted by Gasteiger charge is 2.15. The lowest BCUT2D eigenvalue weighted by Crippen LogP contribution is -2.21. The molecule has 27 heavy (non-hydrogen) atoms. The van der Waals surface area contributed by atoms with E-state index >= 15 is 0 Å². The number of ether oxygens (including phenoxy) is 2. The minimum absolute atomic E-state index is 0.00570. The molecule has 0 saturated carbocycles. The fourth-order valence-corrected chi connectivity index (χ4v) is 3.04. The van der Waals surface area contributed by atoms with Gasteiger partial charge in [-0.25, -0.2) is 4.98 Å². The number of hydrogen-bond acceptors (Lipinski definition) is 7. The number of hydrogen-bond donors (Lipinski definition) is 1. The van der Waals surface area contributed by atoms with Crippen LogP contribution in [0.25, 0.3) is 0 Å². The van der Waals surface area contributed by atoms with Gasteiger partial charge in [0.2, 0.25) is 0 Å². The molecule has 1 N–H and O–H groups in total. The number of nitrogens with one attached hydrogen (secondary N) is 1. The monoisotopic (exact) mass is 390 g/mol. The van der Waals surface area contributed by atoms with E-state index < -0.39 is 11.9 Å². The first-order valence-corrected chi connectivity index (χ1v) is 9.46. The lowest BCUT2D eigenvalue weighted by atomic mass is 9.98. The van der Waals surface area contributed by atoms with Crippen LogP contribution in [0.15, 0.2) is 35.7 Å². The van der Waals surface area contributed by atoms with Crippen molar-refractivity contribution in [1.82, 2.24) is 4.98 Å². The molecule has 0 radical (unpaired) electrons. The van der Waals surface area contributed by atoms with Gasteiger partial charge in [-0.05, 0) is 18.4 Å². The van der Waals surface area contributed by atoms with E-state index in [1.807, 2.05) is 37.3 Å². The maximum atomic E-state index is 11.9. The molecule has 0 unspecified atom stereocenters. The van der Waals surface area contributed by atoms with Crippen molar-refractivity contribution >= 4 is 34.3 Å². The van der Waals surface area contributed by atoms with Crippen molar-refractivity contribution < 1.29 is 23.9 Å². The van der Waals surface area contributed by atoms with Crippen LogP contribution < -0.4 is 5.32 Å². The minimum Gasteiger partial charge on any atom is -0.466 e. The summed E-state index contributed by atoms with van der Waals surface area (Å²) < 4.78 is 9.87. The van der Waals surface area contributed by atoms with Gasteiger partial charge in [0.05, 0.1) is 25.1 Å². The predicted molar refractivity (Wildman–Crippen MR) is 102 cm³/mol. The van der Waals surface area contributed by atoms with Crippen LogP contribution >= 0.6 is 11.3 Å². The van der Waals surface area contributed by atoms with Crippen molar-refractivity contribution in [3.8, 4) is 0 Å². The average Bonchev–Trinajstić information content (AvgIpc) is 3.07. The maximum absolute atomic E-state index is 11.9. The number of thiazole rings is 1. The van der Waals surface area contributed by atoms with E-state index in [0.29, 0.717) is 17.4 Å². The summed E-state index contributed by atoms with van der Waals surface area (Å²) in [6.07, 6.45) is 0.241. The number of anilines is 1. The van der Waals surface area contributed by atoms with Crippen molar-refractivity contribution in [2.45, 2.75) is 32.6 Å². The normalized spacial score (nSPS) is 11.5. The second kappa shape index (κ2) is 10.4. The van der Waals surface area contributed by atoms with E-state index in [1.54, 1.807) is 12.3 Å². The number of aromatic nitrogens is 1. The lowest BCUT2D eigenvalue weighted by Gasteiger charge is -2.11. The van der Waals surface area contributed by atoms with Gasteiger partial charge >= 0.3 is 11.9 Å². The quantitative estimate of drug-likeness (QED) is 0.662. The number of carbonyl (C=O) groups excluding carboxylic acids is 3. The van der Waals surface area contributed by atoms with Crippen LogP contribution in [-0.4, -0.2) is 36.0 Å². The van der Waals surface area contributed by atoms with E-state index in [9.17, 15) is 14.4 Å². The summed E-state index contributed by atoms with van der Waals surface area (Å²) in [4.78, 5) is 39.3. The third kappa shape index (κ3) is 7.18. The Hall–Kier alpha value is -2.74. The Morgan fingerprint density at radius 1 is 1.15 bits per heavy atom. The van der Waals surface area contributed by atoms with E-state index in [1.165, 1.54) is 11.3 Å². The van der Waals surface area contributed by atoms with Crippen LogP contribution in [0.3, 0.4) is 0 Å². The molecule has 0 aliphatic rings. The molecule has 0 aliphatic heterocycles. The van der Waals surface area contributed by atoms with Gasteiger partial charge < -0.3 is 9.47 Å². The first-order valence-electron chi connectivity index (χ1n) is 8.58. The van der Waals surface area contributed by atoms with Crippen LogP contribution in [-0.2, 0) is 30.3 Å². The molecular formula is C19H22N2O5S. The van der Waals surface area contributed by atoms with Crippen LogP contribution in [0.1, 0.15) is 37.4 Å². The Bertz CT molecular complexity index is 775. The molecule has 7 nitrogen and oxygen atoms in total. The van der Waals surface area contributed by atoms with Crippen LogP contribution in [0, 0.1) is 0 Å². The molecule has 0 fully saturated rings. The summed E-state index contributed by atoms with van der Waals surface area (Å²) in [6.45, 7) is 3.58. The number of carbonyl (C=O) groups is 3. The lowest BCUT2D eigenvalue weighted by molar-refractivity contribution is -0.147. The van der Waals surface area contributed by atoms with Gasteiger partial charge in [-0.3, -0.25) is 19.7 Å². The first-order chi connectivity index (χ1) is 13.0. The van der Waals surface area contributed by atoms with Crippen LogP contribution in [0.4, 0.5) is 5.13 Å². The van der Waals surface area contributed by atoms with Crippen molar-refractivity contribution in [2.75, 3.05) is 18.5 Å². The summed E-state index contributed by atoms with van der Waals surface area (Å²) in [5, 5.41) is 4.55. The molecule has 8 heteroatoms. The van der Waals surface area contributed by atoms with Gasteiger partial charge in [-0.15, -0.1) is 11.3 Å². The molecule has 2 aromatic rings. The third-order valence-corrected chi connectivity index (χ3v) is 4.44. The Kier molecular flexibility index (Phi) is 7.94. The number of esters is 2. The molecule has 0 aliphatic carbocycles. The molecule has 1 amide bonds. The molecule has 1 atom stereocenters. The van der Waals surface area contributed by atoms with Crippen molar-refractivity contribution in [2.24, 2.45) is 0 Å². The van der Waals surface area contributed by atoms with Gasteiger partial charge in [-0.2, -0.15) is 0 Å². The second-order valence-corrected chi connectivity index (χ2v) is 6.71. The second-order valence-electron chi connectivity index (χ2n) is 5.85. The Labute approximate surface area is 161 Å². The van der Waals surface area contributed by atoms with E-state index in [4.69, 9.17) is 9.47 Å². The summed E-state index contributed by atoms with van der Waals surface area (Å²) in [5.74, 6) is -1.29. The highest BCUT2D eigenvalue weighted by atomic mass is 32.1. The van der Waals surface area contributed by atoms with Crippen LogP contribution in [0.2, 0.25) is 0 Å². The topological polar surface area (TPSA) is 94.6 Å². The Balaban J connectivity index is 1.73. The van der Waals surface area contributed by atoms with Crippen molar-refractivity contribution in [3.63, 3.8) is 0 Å². The van der Waals surface area contributed by atoms with E-state index in [2.05, 4.69) is 10.3 Å². The number of amides is 1. The average molecular weight is 390 g/mol. The molecule has 144 valence electrons. The SMILES string of the molecule is CCOC(=O)Cc1csc(NC(=O)COC(=O)C[C@@H](C)c2ccccc2)n1. The van der Waals surface area contributed by atoms with Gasteiger partial charge in [-0.1, -0.05) is 37.3 Å². The molecule has 1 aromatic heterocycles. The zero-order valence-electron chi connectivity index (χ0n) is 15.3. The largest absolute Gasteiger partial charge is 0.466 e. The standard InChI is InChI=1S/C19H22N2O5S/c1-3-25-18(24)10-15-12-27-19(20-15)21-16(22)11-26-17(23)9-13(2)14-7-5-4-6-8-14/h4-8,12-13H,3,9-11H2,1-2H3,(H,20,21,22)/t13-/m1/s1. The molecule has 0 bridgehead atoms. The predicted octanol–water partition coefficient (Wildman–Crippen LogP) is 2.92. The molecular weight excluding hydrogens is 368 g/mol. The summed E-state index contributed by atoms with van der Waals surface area (Å²) in [6, 6.07) is 9.63. The number of benzene rings is 1. The molecule has 1 heterocycles. The number of rotatable bonds is 9. The highest BCUT2D eigenvalue weighted by Crippen LogP contribution is 2.19. The summed E-state index contributed by atoms with van der Waals surface area (Å²) in [5.41, 5.74) is 1.55. The third-order valence-electron chi connectivity index (χ3n) is 3.63. The fourth-order valence-electron chi connectivity index (χ4n) is 2.32. The molecule has 0 saturated heterocycles. The maximum Gasteiger partial charge on any atom is 0.311 e. The van der Waals surface area contributed by atoms with Gasteiger partial charge in [0, 0.05) is 5.38 Å². The molecule has 1 aromatic carbocycles. The molecule has 0 spiro atoms. The summed E-state index contributed by atoms with van der Waals surface area (Å²) >= 11 is 1.19. The van der Waals surface area contributed by atoms with Crippen molar-refractivity contribution in [3.05, 3.63) is 47.0 Å². The summed E-state index contributed by atoms with van der Waals surface area (Å²) in [7, 11) is 0. The number of nitrogens with zero attached hydrogens (tertiary/aromatic N) is 1. The van der Waals surface area contributed by atoms with Crippen LogP contribution in [0.5, 0.6) is 0 Å². The smallest absolute Gasteiger partial charge is 0.311 e. The van der Waals surface area contributed by atoms with E-state index in [0.717, 1.165) is 5.56 Å². The highest BCUT2D eigenvalue weighted by molar-refractivity contribution is 7.13. The van der Waals surface area contributed by atoms with Gasteiger partial charge in [0.1, 0.15) is 0 Å². The first kappa shape index (κ1) is 20.6. The minimum atomic E-state index is -0.479. The molecule has 2 rings (SSSR count). The zero-order valence-corrected chi connectivity index (χ0v) is 16.1. The van der Waals surface area contributed by atoms with E-state index in [-0.39, 0.29) is 31.3 Å². The van der Waals surface area contributed by atoms with Crippen molar-refractivity contribution in [1.29, 1.82) is 0 Å².